The van der Waals surface area contributed by atoms with E-state index < -0.39 is 32.9 Å². The summed E-state index contributed by atoms with van der Waals surface area (Å²) in [5.41, 5.74) is 0. The first-order chi connectivity index (χ1) is 8.06. The normalized spacial score (nSPS) is 12.3. The molecule has 0 spiro atoms. The zero-order chi connectivity index (χ0) is 14.1. The molecule has 0 radical (unpaired) electrons. The first-order valence-corrected chi connectivity index (χ1v) is 6.70. The van der Waals surface area contributed by atoms with Gasteiger partial charge in [0.05, 0.1) is 16.9 Å². The third kappa shape index (κ3) is 3.58. The molecular weight excluding hydrogens is 392 g/mol. The summed E-state index contributed by atoms with van der Waals surface area (Å²) < 4.78 is 66.6. The Balaban J connectivity index is 3.45. The molecule has 1 aromatic heterocycles. The van der Waals surface area contributed by atoms with Gasteiger partial charge < -0.3 is 9.47 Å². The van der Waals surface area contributed by atoms with E-state index in [1.54, 1.807) is 0 Å². The third-order valence-corrected chi connectivity index (χ3v) is 4.00. The molecule has 6 nitrogen and oxygen atoms in total. The molecule has 102 valence electrons. The Morgan fingerprint density at radius 1 is 1.44 bits per heavy atom. The van der Waals surface area contributed by atoms with Crippen LogP contribution in [0.5, 0.6) is 11.6 Å². The summed E-state index contributed by atoms with van der Waals surface area (Å²) in [6.07, 6.45) is -4.27. The van der Waals surface area contributed by atoms with E-state index in [2.05, 4.69) is 14.5 Å². The van der Waals surface area contributed by atoms with E-state index in [9.17, 15) is 21.6 Å². The maximum Gasteiger partial charge on any atom is 0.573 e. The van der Waals surface area contributed by atoms with Gasteiger partial charge in [-0.3, -0.25) is 0 Å². The van der Waals surface area contributed by atoms with Crippen LogP contribution in [0.25, 0.3) is 0 Å². The largest absolute Gasteiger partial charge is 0.573 e. The number of rotatable bonds is 3. The number of hydrogen-bond acceptors (Lipinski definition) is 5. The van der Waals surface area contributed by atoms with Crippen LogP contribution < -0.4 is 14.6 Å². The van der Waals surface area contributed by atoms with Gasteiger partial charge in [-0.1, -0.05) is 0 Å². The molecule has 0 saturated heterocycles. The van der Waals surface area contributed by atoms with E-state index in [1.807, 2.05) is 0 Å². The summed E-state index contributed by atoms with van der Waals surface area (Å²) in [6, 6.07) is 0. The molecule has 0 unspecified atom stereocenters. The molecule has 2 N–H and O–H groups in total. The van der Waals surface area contributed by atoms with Gasteiger partial charge in [-0.05, 0) is 22.6 Å². The number of ether oxygens (including phenoxy) is 2. The van der Waals surface area contributed by atoms with Crippen LogP contribution in [0.1, 0.15) is 0 Å². The second-order valence-corrected chi connectivity index (χ2v) is 5.44. The van der Waals surface area contributed by atoms with Crippen LogP contribution in [0.15, 0.2) is 11.1 Å². The van der Waals surface area contributed by atoms with E-state index in [-0.39, 0.29) is 3.57 Å². The first-order valence-electron chi connectivity index (χ1n) is 4.07. The predicted molar refractivity (Wildman–Crippen MR) is 61.6 cm³/mol. The second-order valence-electron chi connectivity index (χ2n) is 2.87. The van der Waals surface area contributed by atoms with E-state index in [0.717, 1.165) is 7.11 Å². The van der Waals surface area contributed by atoms with E-state index >= 15 is 0 Å². The lowest BCUT2D eigenvalue weighted by atomic mass is 10.4. The average Bonchev–Trinajstić information content (AvgIpc) is 2.16. The molecule has 1 aromatic rings. The molecule has 0 aliphatic heterocycles. The van der Waals surface area contributed by atoms with Crippen LogP contribution in [-0.2, 0) is 10.0 Å². The van der Waals surface area contributed by atoms with Crippen LogP contribution >= 0.6 is 22.6 Å². The number of nitrogens with zero attached hydrogens (tertiary/aromatic N) is 1. The zero-order valence-corrected chi connectivity index (χ0v) is 11.6. The van der Waals surface area contributed by atoms with Gasteiger partial charge >= 0.3 is 6.36 Å². The van der Waals surface area contributed by atoms with Gasteiger partial charge in [0.2, 0.25) is 15.9 Å². The van der Waals surface area contributed by atoms with Gasteiger partial charge in [-0.2, -0.15) is 0 Å². The lowest BCUT2D eigenvalue weighted by Gasteiger charge is -2.13. The summed E-state index contributed by atoms with van der Waals surface area (Å²) in [7, 11) is -3.19. The Kier molecular flexibility index (Phi) is 4.27. The minimum absolute atomic E-state index is 0.362. The van der Waals surface area contributed by atoms with E-state index in [1.165, 1.54) is 22.6 Å². The molecule has 18 heavy (non-hydrogen) atoms. The van der Waals surface area contributed by atoms with E-state index in [0.29, 0.717) is 6.20 Å². The van der Waals surface area contributed by atoms with E-state index in [4.69, 9.17) is 5.14 Å². The Morgan fingerprint density at radius 2 is 2.00 bits per heavy atom. The third-order valence-electron chi connectivity index (χ3n) is 1.61. The minimum atomic E-state index is -4.97. The fraction of sp³-hybridized carbons (Fsp3) is 0.286. The van der Waals surface area contributed by atoms with Gasteiger partial charge in [-0.25, -0.2) is 18.5 Å². The predicted octanol–water partition coefficient (Wildman–Crippen LogP) is 1.24. The number of alkyl halides is 3. The fourth-order valence-corrected chi connectivity index (χ4v) is 3.16. The van der Waals surface area contributed by atoms with Crippen molar-refractivity contribution in [2.75, 3.05) is 7.11 Å². The molecule has 0 aromatic carbocycles. The number of methoxy groups -OCH3 is 1. The summed E-state index contributed by atoms with van der Waals surface area (Å²) in [4.78, 5) is 2.74. The molecule has 0 saturated carbocycles. The number of sulfonamides is 1. The lowest BCUT2D eigenvalue weighted by molar-refractivity contribution is -0.275. The monoisotopic (exact) mass is 398 g/mol. The molecule has 0 fully saturated rings. The summed E-state index contributed by atoms with van der Waals surface area (Å²) in [6.45, 7) is 0. The Bertz CT molecular complexity index is 561. The van der Waals surface area contributed by atoms with Crippen molar-refractivity contribution in [1.82, 2.24) is 4.98 Å². The van der Waals surface area contributed by atoms with Crippen molar-refractivity contribution in [1.29, 1.82) is 0 Å². The van der Waals surface area contributed by atoms with Crippen molar-refractivity contribution < 1.29 is 31.1 Å². The highest BCUT2D eigenvalue weighted by molar-refractivity contribution is 14.1. The van der Waals surface area contributed by atoms with Crippen molar-refractivity contribution in [2.45, 2.75) is 11.3 Å². The number of nitrogens with two attached hydrogens (primary N) is 1. The SMILES string of the molecule is COc1ncc(OC(F)(F)F)c(I)c1S(N)(=O)=O. The van der Waals surface area contributed by atoms with Crippen molar-refractivity contribution in [3.63, 3.8) is 0 Å². The zero-order valence-electron chi connectivity index (χ0n) is 8.66. The second kappa shape index (κ2) is 5.05. The van der Waals surface area contributed by atoms with Gasteiger partial charge in [0, 0.05) is 0 Å². The molecule has 0 aliphatic carbocycles. The number of halogens is 4. The van der Waals surface area contributed by atoms with Crippen molar-refractivity contribution in [3.8, 4) is 11.6 Å². The quantitative estimate of drug-likeness (QED) is 0.774. The molecule has 11 heteroatoms. The molecule has 0 amide bonds. The maximum absolute atomic E-state index is 12.1. The molecule has 1 heterocycles. The van der Waals surface area contributed by atoms with Gasteiger partial charge in [-0.15, -0.1) is 13.2 Å². The Hall–Kier alpha value is -0.820. The fourth-order valence-electron chi connectivity index (χ4n) is 1.03. The maximum atomic E-state index is 12.1. The number of primary sulfonamides is 1. The highest BCUT2D eigenvalue weighted by Crippen LogP contribution is 2.34. The summed E-state index contributed by atoms with van der Waals surface area (Å²) in [5.74, 6) is -1.18. The van der Waals surface area contributed by atoms with Crippen LogP contribution in [0.3, 0.4) is 0 Å². The van der Waals surface area contributed by atoms with Crippen LogP contribution in [0.2, 0.25) is 0 Å². The van der Waals surface area contributed by atoms with Crippen LogP contribution in [0.4, 0.5) is 13.2 Å². The summed E-state index contributed by atoms with van der Waals surface area (Å²) in [5, 5.41) is 4.88. The molecule has 1 rings (SSSR count). The molecule has 0 bridgehead atoms. The van der Waals surface area contributed by atoms with Crippen molar-refractivity contribution in [2.24, 2.45) is 5.14 Å². The lowest BCUT2D eigenvalue weighted by Crippen LogP contribution is -2.21. The molecule has 0 atom stereocenters. The number of hydrogen-bond donors (Lipinski definition) is 1. The first kappa shape index (κ1) is 15.2. The smallest absolute Gasteiger partial charge is 0.480 e. The highest BCUT2D eigenvalue weighted by atomic mass is 127. The van der Waals surface area contributed by atoms with Gasteiger partial charge in [0.15, 0.2) is 10.6 Å². The molecule has 0 aliphatic rings. The van der Waals surface area contributed by atoms with Crippen molar-refractivity contribution in [3.05, 3.63) is 9.77 Å². The average molecular weight is 398 g/mol. The van der Waals surface area contributed by atoms with Crippen molar-refractivity contribution >= 4 is 32.6 Å². The van der Waals surface area contributed by atoms with Crippen LogP contribution in [0, 0.1) is 3.57 Å². The van der Waals surface area contributed by atoms with Gasteiger partial charge in [0.1, 0.15) is 0 Å². The van der Waals surface area contributed by atoms with Gasteiger partial charge in [0.25, 0.3) is 0 Å². The topological polar surface area (TPSA) is 91.5 Å². The Labute approximate surface area is 113 Å². The Morgan fingerprint density at radius 3 is 2.39 bits per heavy atom. The number of aromatic nitrogens is 1. The molecular formula is C7H6F3IN2O4S. The summed E-state index contributed by atoms with van der Waals surface area (Å²) >= 11 is 1.35. The standard InChI is InChI=1S/C7H6F3IN2O4S/c1-16-6-5(18(12,14)15)4(11)3(2-13-6)17-7(8,9)10/h2H,1H3,(H2,12,14,15). The van der Waals surface area contributed by atoms with Crippen LogP contribution in [-0.4, -0.2) is 26.9 Å². The number of pyridine rings is 1. The minimum Gasteiger partial charge on any atom is -0.480 e. The highest BCUT2D eigenvalue weighted by Gasteiger charge is 2.34.